The fraction of sp³-hybridized carbons (Fsp3) is 0.167. The van der Waals surface area contributed by atoms with Crippen LogP contribution < -0.4 is 21.4 Å². The van der Waals surface area contributed by atoms with Crippen molar-refractivity contribution < 1.29 is 4.42 Å². The minimum atomic E-state index is -0.0563. The van der Waals surface area contributed by atoms with Crippen LogP contribution in [-0.4, -0.2) is 24.9 Å². The molecule has 1 aliphatic carbocycles. The van der Waals surface area contributed by atoms with Crippen LogP contribution in [0.1, 0.15) is 5.56 Å². The maximum atomic E-state index is 12.2. The highest BCUT2D eigenvalue weighted by Crippen LogP contribution is 2.44. The number of anilines is 3. The van der Waals surface area contributed by atoms with Gasteiger partial charge in [-0.3, -0.25) is 4.79 Å². The molecular formula is C30H25N3O2S. The summed E-state index contributed by atoms with van der Waals surface area (Å²) in [5, 5.41) is 4.58. The molecule has 7 rings (SSSR count). The van der Waals surface area contributed by atoms with Gasteiger partial charge in [0.15, 0.2) is 5.43 Å². The SMILES string of the molecule is NCC1CSc2cc(-c3c4ccc(=O)cc-4oc4cc(N5CCc6ccccc65)ccc34)ccc2N1. The summed E-state index contributed by atoms with van der Waals surface area (Å²) in [6.07, 6.45) is 1.03. The lowest BCUT2D eigenvalue weighted by Crippen LogP contribution is -2.33. The summed E-state index contributed by atoms with van der Waals surface area (Å²) in [6.45, 7) is 1.56. The third-order valence-electron chi connectivity index (χ3n) is 7.23. The van der Waals surface area contributed by atoms with E-state index in [4.69, 9.17) is 10.2 Å². The number of fused-ring (bicyclic) bond motifs is 4. The molecule has 3 N–H and O–H groups in total. The second-order valence-electron chi connectivity index (χ2n) is 9.44. The van der Waals surface area contributed by atoms with Gasteiger partial charge in [-0.05, 0) is 60.0 Å². The van der Waals surface area contributed by atoms with E-state index in [0.717, 1.165) is 57.8 Å². The molecule has 0 bridgehead atoms. The third kappa shape index (κ3) is 3.48. The summed E-state index contributed by atoms with van der Waals surface area (Å²) in [7, 11) is 0. The van der Waals surface area contributed by atoms with Crippen molar-refractivity contribution in [2.75, 3.05) is 29.1 Å². The lowest BCUT2D eigenvalue weighted by atomic mass is 9.93. The van der Waals surface area contributed by atoms with Crippen molar-refractivity contribution in [3.8, 4) is 22.5 Å². The van der Waals surface area contributed by atoms with Crippen molar-refractivity contribution >= 4 is 39.8 Å². The van der Waals surface area contributed by atoms with Gasteiger partial charge in [0.25, 0.3) is 0 Å². The van der Waals surface area contributed by atoms with Gasteiger partial charge < -0.3 is 20.4 Å². The highest BCUT2D eigenvalue weighted by molar-refractivity contribution is 7.99. The van der Waals surface area contributed by atoms with E-state index < -0.39 is 0 Å². The van der Waals surface area contributed by atoms with Crippen molar-refractivity contribution in [2.24, 2.45) is 5.73 Å². The molecule has 3 heterocycles. The number of para-hydroxylation sites is 1. The van der Waals surface area contributed by atoms with Crippen LogP contribution in [0.5, 0.6) is 0 Å². The van der Waals surface area contributed by atoms with E-state index in [9.17, 15) is 4.79 Å². The number of benzene rings is 4. The number of nitrogens with two attached hydrogens (primary N) is 1. The fourth-order valence-electron chi connectivity index (χ4n) is 5.44. The summed E-state index contributed by atoms with van der Waals surface area (Å²) in [5.74, 6) is 1.55. The first-order valence-corrected chi connectivity index (χ1v) is 13.3. The molecule has 1 unspecified atom stereocenters. The highest BCUT2D eigenvalue weighted by Gasteiger charge is 2.24. The molecular weight excluding hydrogens is 466 g/mol. The maximum Gasteiger partial charge on any atom is 0.182 e. The molecule has 3 aromatic carbocycles. The van der Waals surface area contributed by atoms with Crippen LogP contribution in [0.15, 0.2) is 93.0 Å². The van der Waals surface area contributed by atoms with Crippen molar-refractivity contribution in [1.29, 1.82) is 0 Å². The van der Waals surface area contributed by atoms with E-state index in [1.807, 2.05) is 17.8 Å². The average molecular weight is 492 g/mol. The van der Waals surface area contributed by atoms with Gasteiger partial charge in [-0.25, -0.2) is 0 Å². The molecule has 0 saturated carbocycles. The van der Waals surface area contributed by atoms with Crippen molar-refractivity contribution in [3.63, 3.8) is 0 Å². The van der Waals surface area contributed by atoms with E-state index in [1.54, 1.807) is 12.1 Å². The number of rotatable bonds is 3. The van der Waals surface area contributed by atoms with E-state index in [0.29, 0.717) is 12.3 Å². The Labute approximate surface area is 213 Å². The summed E-state index contributed by atoms with van der Waals surface area (Å²) in [5.41, 5.74) is 14.6. The number of thioether (sulfide) groups is 1. The quantitative estimate of drug-likeness (QED) is 0.297. The van der Waals surface area contributed by atoms with Crippen molar-refractivity contribution in [1.82, 2.24) is 0 Å². The van der Waals surface area contributed by atoms with Gasteiger partial charge >= 0.3 is 0 Å². The number of hydrogen-bond donors (Lipinski definition) is 2. The summed E-state index contributed by atoms with van der Waals surface area (Å²) < 4.78 is 6.36. The molecule has 0 radical (unpaired) electrons. The van der Waals surface area contributed by atoms with Crippen LogP contribution in [0, 0.1) is 0 Å². The van der Waals surface area contributed by atoms with Gasteiger partial charge in [-0.2, -0.15) is 0 Å². The average Bonchev–Trinajstić information content (AvgIpc) is 3.35. The molecule has 0 spiro atoms. The van der Waals surface area contributed by atoms with Crippen LogP contribution >= 0.6 is 11.8 Å². The molecule has 6 heteroatoms. The molecule has 3 aliphatic heterocycles. The summed E-state index contributed by atoms with van der Waals surface area (Å²) in [6, 6.07) is 26.9. The molecule has 0 fully saturated rings. The Morgan fingerprint density at radius 2 is 1.94 bits per heavy atom. The minimum absolute atomic E-state index is 0.0563. The van der Waals surface area contributed by atoms with Crippen molar-refractivity contribution in [2.45, 2.75) is 17.4 Å². The lowest BCUT2D eigenvalue weighted by molar-refractivity contribution is 0.619. The lowest BCUT2D eigenvalue weighted by Gasteiger charge is -2.26. The molecule has 1 atom stereocenters. The van der Waals surface area contributed by atoms with Crippen LogP contribution in [0.2, 0.25) is 0 Å². The number of nitrogens with one attached hydrogen (secondary N) is 1. The molecule has 5 nitrogen and oxygen atoms in total. The first kappa shape index (κ1) is 21.5. The number of nitrogens with zero attached hydrogens (tertiary/aromatic N) is 1. The zero-order valence-corrected chi connectivity index (χ0v) is 20.5. The largest absolute Gasteiger partial charge is 0.456 e. The zero-order chi connectivity index (χ0) is 24.2. The molecule has 178 valence electrons. The molecule has 0 aromatic heterocycles. The van der Waals surface area contributed by atoms with Gasteiger partial charge in [-0.15, -0.1) is 11.8 Å². The van der Waals surface area contributed by atoms with Crippen molar-refractivity contribution in [3.05, 3.63) is 94.6 Å². The van der Waals surface area contributed by atoms with E-state index in [1.165, 1.54) is 16.1 Å². The normalized spacial score (nSPS) is 16.7. The van der Waals surface area contributed by atoms with Gasteiger partial charge in [0.05, 0.1) is 0 Å². The minimum Gasteiger partial charge on any atom is -0.456 e. The third-order valence-corrected chi connectivity index (χ3v) is 8.45. The zero-order valence-electron chi connectivity index (χ0n) is 19.7. The second-order valence-corrected chi connectivity index (χ2v) is 10.5. The molecule has 36 heavy (non-hydrogen) atoms. The van der Waals surface area contributed by atoms with E-state index in [2.05, 4.69) is 70.9 Å². The van der Waals surface area contributed by atoms with Gasteiger partial charge in [-0.1, -0.05) is 24.3 Å². The van der Waals surface area contributed by atoms with Crippen LogP contribution in [0.3, 0.4) is 0 Å². The first-order valence-electron chi connectivity index (χ1n) is 12.3. The van der Waals surface area contributed by atoms with Gasteiger partial charge in [0, 0.05) is 75.5 Å². The molecule has 0 saturated heterocycles. The Hall–Kier alpha value is -3.74. The predicted molar refractivity (Wildman–Crippen MR) is 149 cm³/mol. The predicted octanol–water partition coefficient (Wildman–Crippen LogP) is 6.10. The van der Waals surface area contributed by atoms with E-state index in [-0.39, 0.29) is 11.5 Å². The Morgan fingerprint density at radius 1 is 1.03 bits per heavy atom. The second kappa shape index (κ2) is 8.43. The highest BCUT2D eigenvalue weighted by atomic mass is 32.2. The first-order chi connectivity index (χ1) is 17.7. The van der Waals surface area contributed by atoms with Gasteiger partial charge in [0.2, 0.25) is 0 Å². The number of hydrogen-bond acceptors (Lipinski definition) is 6. The van der Waals surface area contributed by atoms with Crippen LogP contribution in [0.25, 0.3) is 33.4 Å². The standard InChI is InChI=1S/C30H25N3O2S/c31-16-20-17-36-29-13-19(5-10-25(29)32-20)30-23-8-6-21(33-12-11-18-3-1-2-4-26(18)33)14-27(23)35-28-15-22(34)7-9-24(28)30/h1-10,13-15,20,32H,11-12,16-17,31H2. The molecule has 4 aliphatic rings. The smallest absolute Gasteiger partial charge is 0.182 e. The Kier molecular flexibility index (Phi) is 5.04. The molecule has 3 aromatic rings. The summed E-state index contributed by atoms with van der Waals surface area (Å²) >= 11 is 1.83. The topological polar surface area (TPSA) is 71.5 Å². The Balaban J connectivity index is 1.41. The van der Waals surface area contributed by atoms with Gasteiger partial charge in [0.1, 0.15) is 11.3 Å². The summed E-state index contributed by atoms with van der Waals surface area (Å²) in [4.78, 5) is 15.8. The van der Waals surface area contributed by atoms with Crippen LogP contribution in [0.4, 0.5) is 17.1 Å². The Morgan fingerprint density at radius 3 is 2.86 bits per heavy atom. The Bertz CT molecular complexity index is 1660. The van der Waals surface area contributed by atoms with Crippen LogP contribution in [-0.2, 0) is 6.42 Å². The monoisotopic (exact) mass is 491 g/mol. The van der Waals surface area contributed by atoms with E-state index >= 15 is 0 Å². The maximum absolute atomic E-state index is 12.2. The fourth-order valence-corrected chi connectivity index (χ4v) is 6.53. The molecule has 0 amide bonds.